The molecule has 3 aromatic rings. The summed E-state index contributed by atoms with van der Waals surface area (Å²) in [6.07, 6.45) is 5.43. The highest BCUT2D eigenvalue weighted by molar-refractivity contribution is 5.95. The van der Waals surface area contributed by atoms with E-state index in [0.717, 1.165) is 30.2 Å². The Morgan fingerprint density at radius 2 is 2.26 bits per heavy atom. The quantitative estimate of drug-likeness (QED) is 0.807. The Bertz CT molecular complexity index is 854. The molecule has 0 atom stereocenters. The summed E-state index contributed by atoms with van der Waals surface area (Å²) >= 11 is 0. The van der Waals surface area contributed by atoms with E-state index < -0.39 is 0 Å². The normalized spacial score (nSPS) is 14.0. The van der Waals surface area contributed by atoms with Crippen molar-refractivity contribution in [3.05, 3.63) is 47.4 Å². The third kappa shape index (κ3) is 2.72. The standard InChI is InChI=1S/C17H18N4O2/c1-11-5-6-14-13(19-11)8-15(23-14)17(22)18-9-12-10-21-7-3-2-4-16(21)20-12/h5-6,8,10H,2-4,7,9H2,1H3,(H,18,22). The topological polar surface area (TPSA) is 73.0 Å². The van der Waals surface area contributed by atoms with Gasteiger partial charge < -0.3 is 14.3 Å². The van der Waals surface area contributed by atoms with Crippen LogP contribution in [-0.4, -0.2) is 20.4 Å². The number of rotatable bonds is 3. The molecule has 6 heteroatoms. The van der Waals surface area contributed by atoms with Crippen LogP contribution in [0.5, 0.6) is 0 Å². The van der Waals surface area contributed by atoms with E-state index in [-0.39, 0.29) is 11.7 Å². The SMILES string of the molecule is Cc1ccc2oc(C(=O)NCc3cn4c(n3)CCCC4)cc2n1. The van der Waals surface area contributed by atoms with Gasteiger partial charge in [0, 0.05) is 30.9 Å². The molecule has 0 spiro atoms. The zero-order valence-electron chi connectivity index (χ0n) is 13.0. The molecule has 3 aromatic heterocycles. The van der Waals surface area contributed by atoms with Crippen molar-refractivity contribution in [1.82, 2.24) is 19.9 Å². The Kier molecular flexibility index (Phi) is 3.37. The molecule has 0 unspecified atom stereocenters. The van der Waals surface area contributed by atoms with E-state index in [1.54, 1.807) is 6.07 Å². The zero-order chi connectivity index (χ0) is 15.8. The molecular formula is C17H18N4O2. The predicted molar refractivity (Wildman–Crippen MR) is 85.1 cm³/mol. The lowest BCUT2D eigenvalue weighted by Crippen LogP contribution is -2.22. The van der Waals surface area contributed by atoms with Crippen molar-refractivity contribution in [1.29, 1.82) is 0 Å². The van der Waals surface area contributed by atoms with Crippen LogP contribution in [0.15, 0.2) is 28.8 Å². The minimum atomic E-state index is -0.244. The van der Waals surface area contributed by atoms with Crippen molar-refractivity contribution in [3.63, 3.8) is 0 Å². The molecule has 0 aliphatic carbocycles. The number of hydrogen-bond acceptors (Lipinski definition) is 4. The number of aryl methyl sites for hydroxylation is 3. The van der Waals surface area contributed by atoms with Gasteiger partial charge >= 0.3 is 0 Å². The molecule has 0 saturated carbocycles. The number of aromatic nitrogens is 3. The highest BCUT2D eigenvalue weighted by Crippen LogP contribution is 2.18. The lowest BCUT2D eigenvalue weighted by atomic mass is 10.2. The smallest absolute Gasteiger partial charge is 0.287 e. The van der Waals surface area contributed by atoms with Crippen LogP contribution in [-0.2, 0) is 19.5 Å². The van der Waals surface area contributed by atoms with Crippen LogP contribution >= 0.6 is 0 Å². The second-order valence-electron chi connectivity index (χ2n) is 5.93. The number of hydrogen-bond donors (Lipinski definition) is 1. The fourth-order valence-electron chi connectivity index (χ4n) is 2.95. The van der Waals surface area contributed by atoms with Crippen LogP contribution in [0.3, 0.4) is 0 Å². The lowest BCUT2D eigenvalue weighted by Gasteiger charge is -2.11. The number of nitrogens with zero attached hydrogens (tertiary/aromatic N) is 3. The van der Waals surface area contributed by atoms with E-state index in [1.165, 1.54) is 12.8 Å². The summed E-state index contributed by atoms with van der Waals surface area (Å²) in [5, 5.41) is 2.86. The maximum atomic E-state index is 12.2. The average Bonchev–Trinajstić information content (AvgIpc) is 3.15. The van der Waals surface area contributed by atoms with Crippen LogP contribution in [0.1, 0.15) is 40.6 Å². The van der Waals surface area contributed by atoms with Crippen molar-refractivity contribution in [2.24, 2.45) is 0 Å². The van der Waals surface area contributed by atoms with Gasteiger partial charge in [0.2, 0.25) is 0 Å². The molecule has 1 N–H and O–H groups in total. The van der Waals surface area contributed by atoms with E-state index >= 15 is 0 Å². The van der Waals surface area contributed by atoms with Gasteiger partial charge in [0.15, 0.2) is 11.3 Å². The molecule has 6 nitrogen and oxygen atoms in total. The summed E-state index contributed by atoms with van der Waals surface area (Å²) < 4.78 is 7.73. The van der Waals surface area contributed by atoms with Gasteiger partial charge in [-0.15, -0.1) is 0 Å². The van der Waals surface area contributed by atoms with Crippen molar-refractivity contribution < 1.29 is 9.21 Å². The molecule has 4 heterocycles. The van der Waals surface area contributed by atoms with Gasteiger partial charge in [-0.3, -0.25) is 4.79 Å². The molecule has 0 bridgehead atoms. The average molecular weight is 310 g/mol. The summed E-state index contributed by atoms with van der Waals surface area (Å²) in [7, 11) is 0. The number of pyridine rings is 1. The summed E-state index contributed by atoms with van der Waals surface area (Å²) in [5.74, 6) is 1.15. The number of fused-ring (bicyclic) bond motifs is 2. The molecule has 23 heavy (non-hydrogen) atoms. The van der Waals surface area contributed by atoms with Crippen molar-refractivity contribution in [2.75, 3.05) is 0 Å². The Morgan fingerprint density at radius 1 is 1.35 bits per heavy atom. The number of furan rings is 1. The zero-order valence-corrected chi connectivity index (χ0v) is 13.0. The minimum absolute atomic E-state index is 0.244. The number of carbonyl (C=O) groups excluding carboxylic acids is 1. The Balaban J connectivity index is 1.47. The third-order valence-corrected chi connectivity index (χ3v) is 4.13. The molecule has 1 amide bonds. The molecule has 0 radical (unpaired) electrons. The number of nitrogens with one attached hydrogen (secondary N) is 1. The fourth-order valence-corrected chi connectivity index (χ4v) is 2.95. The van der Waals surface area contributed by atoms with Crippen molar-refractivity contribution in [3.8, 4) is 0 Å². The minimum Gasteiger partial charge on any atom is -0.449 e. The molecule has 0 fully saturated rings. The summed E-state index contributed by atoms with van der Waals surface area (Å²) in [4.78, 5) is 21.2. The number of imidazole rings is 1. The molecular weight excluding hydrogens is 292 g/mol. The molecule has 1 aliphatic heterocycles. The van der Waals surface area contributed by atoms with E-state index in [0.29, 0.717) is 17.6 Å². The largest absolute Gasteiger partial charge is 0.449 e. The lowest BCUT2D eigenvalue weighted by molar-refractivity contribution is 0.0925. The monoisotopic (exact) mass is 310 g/mol. The molecule has 118 valence electrons. The first-order valence-corrected chi connectivity index (χ1v) is 7.89. The molecule has 4 rings (SSSR count). The first-order chi connectivity index (χ1) is 11.2. The van der Waals surface area contributed by atoms with E-state index in [9.17, 15) is 4.79 Å². The van der Waals surface area contributed by atoms with E-state index in [2.05, 4.69) is 19.9 Å². The van der Waals surface area contributed by atoms with Gasteiger partial charge in [0.05, 0.1) is 12.2 Å². The van der Waals surface area contributed by atoms with Gasteiger partial charge in [0.1, 0.15) is 11.3 Å². The predicted octanol–water partition coefficient (Wildman–Crippen LogP) is 2.60. The van der Waals surface area contributed by atoms with Crippen molar-refractivity contribution >= 4 is 17.0 Å². The number of amides is 1. The summed E-state index contributed by atoms with van der Waals surface area (Å²) in [6, 6.07) is 5.37. The Morgan fingerprint density at radius 3 is 3.13 bits per heavy atom. The fraction of sp³-hybridized carbons (Fsp3) is 0.353. The Hall–Kier alpha value is -2.63. The second-order valence-corrected chi connectivity index (χ2v) is 5.93. The second kappa shape index (κ2) is 5.53. The van der Waals surface area contributed by atoms with Crippen LogP contribution < -0.4 is 5.32 Å². The van der Waals surface area contributed by atoms with Gasteiger partial charge in [-0.1, -0.05) is 0 Å². The Labute approximate surface area is 133 Å². The van der Waals surface area contributed by atoms with Crippen LogP contribution in [0.4, 0.5) is 0 Å². The first-order valence-electron chi connectivity index (χ1n) is 7.89. The highest BCUT2D eigenvalue weighted by atomic mass is 16.3. The van der Waals surface area contributed by atoms with Gasteiger partial charge in [0.25, 0.3) is 5.91 Å². The maximum Gasteiger partial charge on any atom is 0.287 e. The summed E-state index contributed by atoms with van der Waals surface area (Å²) in [6.45, 7) is 3.33. The van der Waals surface area contributed by atoms with Gasteiger partial charge in [-0.2, -0.15) is 0 Å². The first kappa shape index (κ1) is 14.0. The molecule has 1 aliphatic rings. The van der Waals surface area contributed by atoms with Crippen LogP contribution in [0, 0.1) is 6.92 Å². The highest BCUT2D eigenvalue weighted by Gasteiger charge is 2.15. The van der Waals surface area contributed by atoms with Gasteiger partial charge in [-0.25, -0.2) is 9.97 Å². The van der Waals surface area contributed by atoms with Gasteiger partial charge in [-0.05, 0) is 31.9 Å². The van der Waals surface area contributed by atoms with Crippen molar-refractivity contribution in [2.45, 2.75) is 39.3 Å². The third-order valence-electron chi connectivity index (χ3n) is 4.13. The maximum absolute atomic E-state index is 12.2. The van der Waals surface area contributed by atoms with E-state index in [4.69, 9.17) is 4.42 Å². The molecule has 0 aromatic carbocycles. The van der Waals surface area contributed by atoms with E-state index in [1.807, 2.05) is 25.3 Å². The number of carbonyl (C=O) groups is 1. The van der Waals surface area contributed by atoms with Crippen LogP contribution in [0.2, 0.25) is 0 Å². The molecule has 0 saturated heterocycles. The summed E-state index contributed by atoms with van der Waals surface area (Å²) in [5.41, 5.74) is 3.11. The van der Waals surface area contributed by atoms with Crippen LogP contribution in [0.25, 0.3) is 11.1 Å².